The minimum absolute atomic E-state index is 0.865. The molecule has 0 fully saturated rings. The number of nitrogens with zero attached hydrogens (tertiary/aromatic N) is 2. The molecule has 0 bridgehead atoms. The van der Waals surface area contributed by atoms with Gasteiger partial charge in [0, 0.05) is 32.5 Å². The van der Waals surface area contributed by atoms with Crippen molar-refractivity contribution in [2.75, 3.05) is 0 Å². The number of aromatic nitrogens is 2. The first-order valence-corrected chi connectivity index (χ1v) is 16.9. The number of rotatable bonds is 4. The fraction of sp³-hybridized carbons (Fsp3) is 0.0435. The molecule has 0 N–H and O–H groups in total. The van der Waals surface area contributed by atoms with Crippen molar-refractivity contribution in [2.45, 2.75) is 12.8 Å². The predicted molar refractivity (Wildman–Crippen MR) is 203 cm³/mol. The fourth-order valence-electron chi connectivity index (χ4n) is 7.61. The number of hydrogen-bond acceptors (Lipinski definition) is 3. The van der Waals surface area contributed by atoms with Crippen molar-refractivity contribution in [1.29, 1.82) is 0 Å². The summed E-state index contributed by atoms with van der Waals surface area (Å²) >= 11 is 0. The van der Waals surface area contributed by atoms with Crippen molar-refractivity contribution in [1.82, 2.24) is 9.97 Å². The molecule has 3 heteroatoms. The van der Waals surface area contributed by atoms with Crippen LogP contribution in [0.2, 0.25) is 0 Å². The second-order valence-electron chi connectivity index (χ2n) is 12.8. The van der Waals surface area contributed by atoms with Crippen LogP contribution >= 0.6 is 0 Å². The zero-order valence-electron chi connectivity index (χ0n) is 26.7. The van der Waals surface area contributed by atoms with Gasteiger partial charge in [-0.2, -0.15) is 0 Å². The highest BCUT2D eigenvalue weighted by Gasteiger charge is 2.16. The molecule has 0 atom stereocenters. The van der Waals surface area contributed by atoms with Crippen LogP contribution in [-0.2, 0) is 0 Å². The normalized spacial score (nSPS) is 12.7. The Labute approximate surface area is 283 Å². The summed E-state index contributed by atoms with van der Waals surface area (Å²) in [5, 5.41) is 7.06. The molecular weight excluding hydrogens is 597 g/mol. The molecule has 0 amide bonds. The molecule has 10 rings (SSSR count). The molecular formula is C46H30N2O. The SMILES string of the molecule is C1=c2oc3c(-c4ccccc4-c4ccc(-c5cccc(-c6cnc7c8ccccc8c8ccccc8c7n6)c5)cc4)cccc3c2=CCC1. The van der Waals surface area contributed by atoms with E-state index in [-0.39, 0.29) is 0 Å². The molecule has 2 heterocycles. The van der Waals surface area contributed by atoms with Crippen LogP contribution in [0.3, 0.4) is 0 Å². The Balaban J connectivity index is 1.03. The van der Waals surface area contributed by atoms with Gasteiger partial charge in [-0.25, -0.2) is 4.98 Å². The lowest BCUT2D eigenvalue weighted by Gasteiger charge is -2.12. The summed E-state index contributed by atoms with van der Waals surface area (Å²) in [5.41, 5.74) is 12.7. The molecule has 7 aromatic carbocycles. The standard InChI is InChI=1S/C46H30N2O/c1-2-14-34(40-20-10-21-41-37-17-7-8-22-43(37)49-46(40)41)33(13-1)30-25-23-29(24-26-30)31-11-9-12-32(27-31)42-28-47-44-38-18-5-3-15-35(38)36-16-4-6-19-39(36)45(44)48-42/h1-6,9-28H,7-8H2. The molecule has 0 unspecified atom stereocenters. The van der Waals surface area contributed by atoms with Gasteiger partial charge in [-0.05, 0) is 63.6 Å². The van der Waals surface area contributed by atoms with Crippen LogP contribution in [0.15, 0.2) is 150 Å². The van der Waals surface area contributed by atoms with E-state index in [1.54, 1.807) is 0 Å². The Morgan fingerprint density at radius 2 is 1.06 bits per heavy atom. The van der Waals surface area contributed by atoms with Crippen molar-refractivity contribution in [3.8, 4) is 44.6 Å². The van der Waals surface area contributed by atoms with Gasteiger partial charge in [-0.3, -0.25) is 4.98 Å². The van der Waals surface area contributed by atoms with Gasteiger partial charge in [0.25, 0.3) is 0 Å². The smallest absolute Gasteiger partial charge is 0.143 e. The van der Waals surface area contributed by atoms with Gasteiger partial charge in [-0.1, -0.05) is 140 Å². The third-order valence-electron chi connectivity index (χ3n) is 9.96. The van der Waals surface area contributed by atoms with Crippen LogP contribution < -0.4 is 10.6 Å². The molecule has 9 aromatic rings. The summed E-state index contributed by atoms with van der Waals surface area (Å²) in [5.74, 6) is 0. The van der Waals surface area contributed by atoms with Crippen molar-refractivity contribution in [3.05, 3.63) is 156 Å². The molecule has 0 spiro atoms. The molecule has 0 saturated carbocycles. The van der Waals surface area contributed by atoms with E-state index in [1.165, 1.54) is 38.1 Å². The highest BCUT2D eigenvalue weighted by Crippen LogP contribution is 2.38. The van der Waals surface area contributed by atoms with Crippen molar-refractivity contribution in [3.63, 3.8) is 0 Å². The first-order valence-electron chi connectivity index (χ1n) is 16.9. The van der Waals surface area contributed by atoms with Gasteiger partial charge in [0.05, 0.1) is 22.9 Å². The van der Waals surface area contributed by atoms with Gasteiger partial charge in [0.15, 0.2) is 0 Å². The number of hydrogen-bond donors (Lipinski definition) is 0. The van der Waals surface area contributed by atoms with Crippen LogP contribution in [0, 0.1) is 0 Å². The zero-order valence-corrected chi connectivity index (χ0v) is 26.7. The maximum atomic E-state index is 6.46. The first kappa shape index (κ1) is 27.8. The average molecular weight is 627 g/mol. The fourth-order valence-corrected chi connectivity index (χ4v) is 7.61. The van der Waals surface area contributed by atoms with Crippen molar-refractivity contribution >= 4 is 55.7 Å². The van der Waals surface area contributed by atoms with E-state index in [0.29, 0.717) is 0 Å². The average Bonchev–Trinajstić information content (AvgIpc) is 3.57. The van der Waals surface area contributed by atoms with Crippen LogP contribution in [0.5, 0.6) is 0 Å². The number of benzene rings is 7. The second-order valence-corrected chi connectivity index (χ2v) is 12.8. The minimum atomic E-state index is 0.865. The summed E-state index contributed by atoms with van der Waals surface area (Å²) < 4.78 is 6.46. The quantitative estimate of drug-likeness (QED) is 0.183. The summed E-state index contributed by atoms with van der Waals surface area (Å²) in [6.45, 7) is 0. The van der Waals surface area contributed by atoms with Crippen LogP contribution in [-0.4, -0.2) is 9.97 Å². The van der Waals surface area contributed by atoms with E-state index in [2.05, 4.69) is 152 Å². The van der Waals surface area contributed by atoms with E-state index >= 15 is 0 Å². The predicted octanol–water partition coefficient (Wildman–Crippen LogP) is 10.7. The molecule has 2 aromatic heterocycles. The monoisotopic (exact) mass is 626 g/mol. The summed E-state index contributed by atoms with van der Waals surface area (Å²) in [6, 6.07) is 49.6. The Hall–Kier alpha value is -6.32. The number of furan rings is 1. The second kappa shape index (κ2) is 11.1. The molecule has 49 heavy (non-hydrogen) atoms. The topological polar surface area (TPSA) is 38.9 Å². The maximum Gasteiger partial charge on any atom is 0.143 e. The third-order valence-corrected chi connectivity index (χ3v) is 9.96. The minimum Gasteiger partial charge on any atom is -0.456 e. The van der Waals surface area contributed by atoms with Gasteiger partial charge < -0.3 is 4.42 Å². The van der Waals surface area contributed by atoms with E-state index < -0.39 is 0 Å². The van der Waals surface area contributed by atoms with Crippen LogP contribution in [0.4, 0.5) is 0 Å². The van der Waals surface area contributed by atoms with Crippen LogP contribution in [0.25, 0.3) is 100 Å². The van der Waals surface area contributed by atoms with Gasteiger partial charge >= 0.3 is 0 Å². The van der Waals surface area contributed by atoms with E-state index in [1.807, 2.05) is 6.20 Å². The molecule has 1 aliphatic carbocycles. The Morgan fingerprint density at radius 1 is 0.449 bits per heavy atom. The number of fused-ring (bicyclic) bond motifs is 9. The lowest BCUT2D eigenvalue weighted by Crippen LogP contribution is -2.21. The van der Waals surface area contributed by atoms with Gasteiger partial charge in [0.1, 0.15) is 11.0 Å². The highest BCUT2D eigenvalue weighted by molar-refractivity contribution is 6.23. The summed E-state index contributed by atoms with van der Waals surface area (Å²) in [4.78, 5) is 10.2. The van der Waals surface area contributed by atoms with Crippen LogP contribution in [0.1, 0.15) is 12.8 Å². The molecule has 1 aliphatic rings. The summed E-state index contributed by atoms with van der Waals surface area (Å²) in [7, 11) is 0. The first-order chi connectivity index (χ1) is 24.3. The largest absolute Gasteiger partial charge is 0.456 e. The Bertz CT molecular complexity index is 2850. The van der Waals surface area contributed by atoms with Gasteiger partial charge in [0.2, 0.25) is 0 Å². The lowest BCUT2D eigenvalue weighted by atomic mass is 9.92. The van der Waals surface area contributed by atoms with E-state index in [9.17, 15) is 0 Å². The zero-order chi connectivity index (χ0) is 32.3. The lowest BCUT2D eigenvalue weighted by molar-refractivity contribution is 0.572. The Kier molecular flexibility index (Phi) is 6.31. The third kappa shape index (κ3) is 4.51. The number of para-hydroxylation sites is 1. The van der Waals surface area contributed by atoms with Crippen molar-refractivity contribution in [2.24, 2.45) is 0 Å². The van der Waals surface area contributed by atoms with E-state index in [0.717, 1.165) is 73.6 Å². The highest BCUT2D eigenvalue weighted by atomic mass is 16.3. The molecule has 230 valence electrons. The van der Waals surface area contributed by atoms with Crippen molar-refractivity contribution < 1.29 is 4.42 Å². The van der Waals surface area contributed by atoms with Gasteiger partial charge in [-0.15, -0.1) is 0 Å². The molecule has 0 aliphatic heterocycles. The Morgan fingerprint density at radius 3 is 1.88 bits per heavy atom. The maximum absolute atomic E-state index is 6.46. The molecule has 0 radical (unpaired) electrons. The molecule has 0 saturated heterocycles. The summed E-state index contributed by atoms with van der Waals surface area (Å²) in [6.07, 6.45) is 8.52. The van der Waals surface area contributed by atoms with E-state index in [4.69, 9.17) is 14.4 Å². The molecule has 3 nitrogen and oxygen atoms in total.